The molecule has 0 aromatic rings. The number of rotatable bonds is 4. The molecule has 1 aliphatic heterocycles. The summed E-state index contributed by atoms with van der Waals surface area (Å²) in [6.07, 6.45) is 2.24. The van der Waals surface area contributed by atoms with Crippen molar-refractivity contribution in [2.75, 3.05) is 6.54 Å². The van der Waals surface area contributed by atoms with E-state index in [1.165, 1.54) is 6.92 Å². The first-order valence-corrected chi connectivity index (χ1v) is 5.81. The summed E-state index contributed by atoms with van der Waals surface area (Å²) in [4.78, 5) is 35.7. The maximum Gasteiger partial charge on any atom is 0.325 e. The summed E-state index contributed by atoms with van der Waals surface area (Å²) in [6, 6.07) is -0.593. The van der Waals surface area contributed by atoms with Gasteiger partial charge < -0.3 is 15.3 Å². The molecule has 0 aromatic carbocycles. The average molecular weight is 240 g/mol. The SMILES string of the molecule is C[C@@H](NC(=O)C1CC(=O)N(C2CC2)C1)C(=O)O. The third kappa shape index (κ3) is 2.57. The molecule has 2 aliphatic rings. The predicted molar refractivity (Wildman–Crippen MR) is 58.1 cm³/mol. The van der Waals surface area contributed by atoms with Crippen LogP contribution in [0.15, 0.2) is 0 Å². The van der Waals surface area contributed by atoms with Crippen LogP contribution in [0.25, 0.3) is 0 Å². The molecule has 2 rings (SSSR count). The van der Waals surface area contributed by atoms with Crippen LogP contribution >= 0.6 is 0 Å². The highest BCUT2D eigenvalue weighted by atomic mass is 16.4. The molecule has 1 aliphatic carbocycles. The Morgan fingerprint density at radius 1 is 1.47 bits per heavy atom. The minimum Gasteiger partial charge on any atom is -0.480 e. The van der Waals surface area contributed by atoms with E-state index in [1.54, 1.807) is 4.90 Å². The Bertz CT molecular complexity index is 364. The minimum atomic E-state index is -1.07. The Morgan fingerprint density at radius 2 is 2.12 bits per heavy atom. The van der Waals surface area contributed by atoms with Gasteiger partial charge in [0.25, 0.3) is 0 Å². The van der Waals surface area contributed by atoms with Gasteiger partial charge in [-0.25, -0.2) is 0 Å². The average Bonchev–Trinajstić information content (AvgIpc) is 3.02. The third-order valence-electron chi connectivity index (χ3n) is 3.25. The number of nitrogens with zero attached hydrogens (tertiary/aromatic N) is 1. The van der Waals surface area contributed by atoms with Gasteiger partial charge in [-0.05, 0) is 19.8 Å². The fourth-order valence-corrected chi connectivity index (χ4v) is 2.04. The molecule has 2 amide bonds. The van der Waals surface area contributed by atoms with Crippen LogP contribution in [0.2, 0.25) is 0 Å². The summed E-state index contributed by atoms with van der Waals surface area (Å²) in [6.45, 7) is 1.84. The normalized spacial score (nSPS) is 25.8. The van der Waals surface area contributed by atoms with Crippen LogP contribution in [-0.2, 0) is 14.4 Å². The Hall–Kier alpha value is -1.59. The lowest BCUT2D eigenvalue weighted by atomic mass is 10.1. The summed E-state index contributed by atoms with van der Waals surface area (Å²) in [7, 11) is 0. The molecular formula is C11H16N2O4. The van der Waals surface area contributed by atoms with Crippen LogP contribution in [-0.4, -0.2) is 46.4 Å². The number of amides is 2. The Kier molecular flexibility index (Phi) is 3.04. The van der Waals surface area contributed by atoms with E-state index in [0.29, 0.717) is 12.6 Å². The first kappa shape index (κ1) is 11.9. The predicted octanol–water partition coefficient (Wildman–Crippen LogP) is -0.413. The summed E-state index contributed by atoms with van der Waals surface area (Å²) >= 11 is 0. The topological polar surface area (TPSA) is 86.7 Å². The molecule has 0 bridgehead atoms. The number of carbonyl (C=O) groups is 3. The molecule has 6 heteroatoms. The van der Waals surface area contributed by atoms with Gasteiger partial charge in [-0.15, -0.1) is 0 Å². The lowest BCUT2D eigenvalue weighted by Crippen LogP contribution is -2.42. The summed E-state index contributed by atoms with van der Waals surface area (Å²) in [5.41, 5.74) is 0. The van der Waals surface area contributed by atoms with E-state index in [-0.39, 0.29) is 18.2 Å². The van der Waals surface area contributed by atoms with Crippen molar-refractivity contribution in [2.45, 2.75) is 38.3 Å². The fraction of sp³-hybridized carbons (Fsp3) is 0.727. The molecule has 1 saturated heterocycles. The molecule has 17 heavy (non-hydrogen) atoms. The van der Waals surface area contributed by atoms with Gasteiger partial charge in [-0.2, -0.15) is 0 Å². The summed E-state index contributed by atoms with van der Waals surface area (Å²) in [5.74, 6) is -1.79. The summed E-state index contributed by atoms with van der Waals surface area (Å²) < 4.78 is 0. The fourth-order valence-electron chi connectivity index (χ4n) is 2.04. The first-order valence-electron chi connectivity index (χ1n) is 5.81. The van der Waals surface area contributed by atoms with Crippen molar-refractivity contribution in [1.82, 2.24) is 10.2 Å². The zero-order chi connectivity index (χ0) is 12.6. The smallest absolute Gasteiger partial charge is 0.325 e. The highest BCUT2D eigenvalue weighted by Gasteiger charge is 2.42. The number of carbonyl (C=O) groups excluding carboxylic acids is 2. The van der Waals surface area contributed by atoms with Crippen molar-refractivity contribution in [3.8, 4) is 0 Å². The van der Waals surface area contributed by atoms with E-state index in [1.807, 2.05) is 0 Å². The largest absolute Gasteiger partial charge is 0.480 e. The second-order valence-corrected chi connectivity index (χ2v) is 4.75. The second kappa shape index (κ2) is 4.35. The number of carboxylic acid groups (broad SMARTS) is 1. The molecule has 2 fully saturated rings. The van der Waals surface area contributed by atoms with Crippen molar-refractivity contribution in [3.63, 3.8) is 0 Å². The van der Waals surface area contributed by atoms with Crippen LogP contribution < -0.4 is 5.32 Å². The molecule has 2 atom stereocenters. The van der Waals surface area contributed by atoms with E-state index in [9.17, 15) is 14.4 Å². The van der Waals surface area contributed by atoms with Crippen LogP contribution in [0.3, 0.4) is 0 Å². The van der Waals surface area contributed by atoms with Gasteiger partial charge in [0, 0.05) is 19.0 Å². The second-order valence-electron chi connectivity index (χ2n) is 4.75. The number of likely N-dealkylation sites (tertiary alicyclic amines) is 1. The maximum absolute atomic E-state index is 11.7. The van der Waals surface area contributed by atoms with Crippen molar-refractivity contribution >= 4 is 17.8 Å². The van der Waals surface area contributed by atoms with Gasteiger partial charge in [-0.3, -0.25) is 14.4 Å². The zero-order valence-electron chi connectivity index (χ0n) is 9.68. The van der Waals surface area contributed by atoms with Crippen LogP contribution in [0.4, 0.5) is 0 Å². The number of nitrogens with one attached hydrogen (secondary N) is 1. The van der Waals surface area contributed by atoms with Crippen molar-refractivity contribution in [1.29, 1.82) is 0 Å². The van der Waals surface area contributed by atoms with E-state index in [2.05, 4.69) is 5.32 Å². The van der Waals surface area contributed by atoms with Crippen LogP contribution in [0, 0.1) is 5.92 Å². The van der Waals surface area contributed by atoms with Gasteiger partial charge in [-0.1, -0.05) is 0 Å². The lowest BCUT2D eigenvalue weighted by Gasteiger charge is -2.16. The highest BCUT2D eigenvalue weighted by Crippen LogP contribution is 2.32. The minimum absolute atomic E-state index is 0.00984. The Labute approximate surface area is 99.0 Å². The van der Waals surface area contributed by atoms with Gasteiger partial charge in [0.15, 0.2) is 0 Å². The number of aliphatic carboxylic acids is 1. The van der Waals surface area contributed by atoms with Crippen molar-refractivity contribution < 1.29 is 19.5 Å². The maximum atomic E-state index is 11.7. The van der Waals surface area contributed by atoms with Gasteiger partial charge in [0.05, 0.1) is 5.92 Å². The standard InChI is InChI=1S/C11H16N2O4/c1-6(11(16)17)12-10(15)7-4-9(14)13(5-7)8-2-3-8/h6-8H,2-5H2,1H3,(H,12,15)(H,16,17)/t6-,7?/m1/s1. The molecule has 6 nitrogen and oxygen atoms in total. The van der Waals surface area contributed by atoms with E-state index < -0.39 is 17.9 Å². The van der Waals surface area contributed by atoms with Gasteiger partial charge in [0.1, 0.15) is 6.04 Å². The molecule has 1 heterocycles. The quantitative estimate of drug-likeness (QED) is 0.699. The summed E-state index contributed by atoms with van der Waals surface area (Å²) in [5, 5.41) is 11.1. The van der Waals surface area contributed by atoms with Crippen molar-refractivity contribution in [2.24, 2.45) is 5.92 Å². The van der Waals surface area contributed by atoms with E-state index in [4.69, 9.17) is 5.11 Å². The first-order chi connectivity index (χ1) is 7.99. The number of carboxylic acids is 1. The lowest BCUT2D eigenvalue weighted by molar-refractivity contribution is -0.141. The molecule has 1 saturated carbocycles. The molecule has 0 aromatic heterocycles. The molecule has 2 N–H and O–H groups in total. The van der Waals surface area contributed by atoms with E-state index >= 15 is 0 Å². The molecule has 0 radical (unpaired) electrons. The van der Waals surface area contributed by atoms with Crippen LogP contribution in [0.5, 0.6) is 0 Å². The van der Waals surface area contributed by atoms with Crippen LogP contribution in [0.1, 0.15) is 26.2 Å². The highest BCUT2D eigenvalue weighted by molar-refractivity contribution is 5.91. The molecular weight excluding hydrogens is 224 g/mol. The molecule has 94 valence electrons. The molecule has 1 unspecified atom stereocenters. The van der Waals surface area contributed by atoms with E-state index in [0.717, 1.165) is 12.8 Å². The van der Waals surface area contributed by atoms with Gasteiger partial charge >= 0.3 is 5.97 Å². The zero-order valence-corrected chi connectivity index (χ0v) is 9.68. The molecule has 0 spiro atoms. The monoisotopic (exact) mass is 240 g/mol. The third-order valence-corrected chi connectivity index (χ3v) is 3.25. The Morgan fingerprint density at radius 3 is 2.65 bits per heavy atom. The number of hydrogen-bond donors (Lipinski definition) is 2. The van der Waals surface area contributed by atoms with Gasteiger partial charge in [0.2, 0.25) is 11.8 Å². The van der Waals surface area contributed by atoms with Crippen molar-refractivity contribution in [3.05, 3.63) is 0 Å². The number of hydrogen-bond acceptors (Lipinski definition) is 3. The Balaban J connectivity index is 1.88.